The smallest absolute Gasteiger partial charge is 0.338 e. The highest BCUT2D eigenvalue weighted by Gasteiger charge is 2.14. The predicted molar refractivity (Wildman–Crippen MR) is 139 cm³/mol. The number of aromatic nitrogens is 2. The van der Waals surface area contributed by atoms with Crippen LogP contribution in [0.25, 0.3) is 29.1 Å². The van der Waals surface area contributed by atoms with Crippen molar-refractivity contribution < 1.29 is 9.53 Å². The average Bonchev–Trinajstić information content (AvgIpc) is 3.28. The van der Waals surface area contributed by atoms with Crippen LogP contribution in [0.15, 0.2) is 84.9 Å². The van der Waals surface area contributed by atoms with E-state index in [1.54, 1.807) is 19.1 Å². The molecule has 1 heterocycles. The third kappa shape index (κ3) is 5.34. The fourth-order valence-electron chi connectivity index (χ4n) is 3.72. The highest BCUT2D eigenvalue weighted by atomic mass is 16.5. The molecule has 1 aromatic heterocycles. The van der Waals surface area contributed by atoms with Crippen LogP contribution in [-0.4, -0.2) is 22.4 Å². The third-order valence-corrected chi connectivity index (χ3v) is 5.64. The molecule has 0 bridgehead atoms. The molecule has 0 spiro atoms. The Morgan fingerprint density at radius 1 is 0.912 bits per heavy atom. The monoisotopic (exact) mass is 450 g/mol. The third-order valence-electron chi connectivity index (χ3n) is 5.64. The summed E-state index contributed by atoms with van der Waals surface area (Å²) >= 11 is 0. The molecule has 4 heteroatoms. The average molecular weight is 451 g/mol. The van der Waals surface area contributed by atoms with E-state index in [1.807, 2.05) is 53.2 Å². The van der Waals surface area contributed by atoms with Crippen LogP contribution < -0.4 is 0 Å². The molecule has 0 saturated carbocycles. The lowest BCUT2D eigenvalue weighted by atomic mass is 9.87. The molecule has 0 aliphatic rings. The van der Waals surface area contributed by atoms with E-state index >= 15 is 0 Å². The van der Waals surface area contributed by atoms with Crippen LogP contribution in [-0.2, 0) is 10.2 Å². The molecule has 0 saturated heterocycles. The van der Waals surface area contributed by atoms with Gasteiger partial charge in [-0.15, -0.1) is 0 Å². The van der Waals surface area contributed by atoms with E-state index in [2.05, 4.69) is 57.2 Å². The Morgan fingerprint density at radius 2 is 1.59 bits per heavy atom. The van der Waals surface area contributed by atoms with Crippen LogP contribution >= 0.6 is 0 Å². The van der Waals surface area contributed by atoms with E-state index in [0.29, 0.717) is 12.2 Å². The fourth-order valence-corrected chi connectivity index (χ4v) is 3.72. The van der Waals surface area contributed by atoms with Crippen molar-refractivity contribution in [2.24, 2.45) is 0 Å². The summed E-state index contributed by atoms with van der Waals surface area (Å²) in [5, 5.41) is 4.85. The highest BCUT2D eigenvalue weighted by Crippen LogP contribution is 2.26. The van der Waals surface area contributed by atoms with Gasteiger partial charge in [-0.2, -0.15) is 5.10 Å². The molecular formula is C30H30N2O2. The van der Waals surface area contributed by atoms with Gasteiger partial charge in [-0.05, 0) is 59.9 Å². The molecule has 4 nitrogen and oxygen atoms in total. The maximum absolute atomic E-state index is 12.0. The summed E-state index contributed by atoms with van der Waals surface area (Å²) in [4.78, 5) is 12.0. The number of nitrogens with zero attached hydrogens (tertiary/aromatic N) is 2. The molecular weight excluding hydrogens is 420 g/mol. The van der Waals surface area contributed by atoms with Gasteiger partial charge in [0.25, 0.3) is 0 Å². The van der Waals surface area contributed by atoms with Gasteiger partial charge in [0.1, 0.15) is 0 Å². The zero-order chi connectivity index (χ0) is 24.1. The Kier molecular flexibility index (Phi) is 6.78. The van der Waals surface area contributed by atoms with Gasteiger partial charge in [0.2, 0.25) is 0 Å². The molecule has 3 aromatic carbocycles. The van der Waals surface area contributed by atoms with Gasteiger partial charge in [0.05, 0.1) is 29.2 Å². The molecule has 0 atom stereocenters. The van der Waals surface area contributed by atoms with Gasteiger partial charge >= 0.3 is 5.97 Å². The topological polar surface area (TPSA) is 44.1 Å². The van der Waals surface area contributed by atoms with E-state index in [9.17, 15) is 4.79 Å². The normalized spacial score (nSPS) is 11.6. The number of benzene rings is 3. The molecule has 0 radical (unpaired) electrons. The molecule has 0 aliphatic heterocycles. The summed E-state index contributed by atoms with van der Waals surface area (Å²) in [6.45, 7) is 8.81. The lowest BCUT2D eigenvalue weighted by Crippen LogP contribution is -2.10. The first-order chi connectivity index (χ1) is 16.3. The number of carbonyl (C=O) groups excluding carboxylic acids is 1. The Hall–Kier alpha value is -3.92. The first-order valence-electron chi connectivity index (χ1n) is 11.6. The van der Waals surface area contributed by atoms with Gasteiger partial charge in [0.15, 0.2) is 0 Å². The molecule has 0 amide bonds. The second kappa shape index (κ2) is 9.92. The van der Waals surface area contributed by atoms with Crippen LogP contribution in [0.2, 0.25) is 0 Å². The number of esters is 1. The van der Waals surface area contributed by atoms with Crippen LogP contribution in [0, 0.1) is 0 Å². The van der Waals surface area contributed by atoms with Gasteiger partial charge < -0.3 is 4.74 Å². The summed E-state index contributed by atoms with van der Waals surface area (Å²) < 4.78 is 7.04. The van der Waals surface area contributed by atoms with Crippen molar-refractivity contribution in [1.29, 1.82) is 0 Å². The van der Waals surface area contributed by atoms with Crippen molar-refractivity contribution in [3.05, 3.63) is 107 Å². The van der Waals surface area contributed by atoms with E-state index < -0.39 is 0 Å². The fraction of sp³-hybridized carbons (Fsp3) is 0.200. The number of rotatable bonds is 6. The van der Waals surface area contributed by atoms with E-state index in [4.69, 9.17) is 9.84 Å². The summed E-state index contributed by atoms with van der Waals surface area (Å²) in [6, 6.07) is 28.2. The minimum absolute atomic E-state index is 0.133. The number of hydrogen-bond donors (Lipinski definition) is 0. The summed E-state index contributed by atoms with van der Waals surface area (Å²) in [5.41, 5.74) is 6.86. The summed E-state index contributed by atoms with van der Waals surface area (Å²) in [6.07, 6.45) is 4.11. The lowest BCUT2D eigenvalue weighted by Gasteiger charge is -2.18. The Morgan fingerprint density at radius 3 is 2.21 bits per heavy atom. The van der Waals surface area contributed by atoms with Gasteiger partial charge in [0, 0.05) is 5.56 Å². The number of carbonyl (C=O) groups is 1. The van der Waals surface area contributed by atoms with Crippen molar-refractivity contribution in [2.45, 2.75) is 33.1 Å². The maximum atomic E-state index is 12.0. The Bertz CT molecular complexity index is 1280. The first-order valence-corrected chi connectivity index (χ1v) is 11.6. The Balaban J connectivity index is 1.66. The highest BCUT2D eigenvalue weighted by molar-refractivity contribution is 5.90. The summed E-state index contributed by atoms with van der Waals surface area (Å²) in [5.74, 6) is -0.313. The van der Waals surface area contributed by atoms with Crippen LogP contribution in [0.5, 0.6) is 0 Å². The molecule has 0 unspecified atom stereocenters. The Labute approximate surface area is 201 Å². The molecule has 0 fully saturated rings. The van der Waals surface area contributed by atoms with E-state index in [-0.39, 0.29) is 11.4 Å². The van der Waals surface area contributed by atoms with Crippen molar-refractivity contribution in [3.8, 4) is 16.9 Å². The van der Waals surface area contributed by atoms with Crippen LogP contribution in [0.4, 0.5) is 0 Å². The number of para-hydroxylation sites is 1. The lowest BCUT2D eigenvalue weighted by molar-refractivity contribution is 0.0526. The zero-order valence-corrected chi connectivity index (χ0v) is 20.2. The number of hydrogen-bond acceptors (Lipinski definition) is 3. The standard InChI is InChI=1S/C30H30N2O2/c1-5-34-29(33)24-16-14-23(15-17-24)28-21-26(31-32(28)27-9-7-6-8-10-27)20-13-22-11-18-25(19-12-22)30(2,3)4/h6-21H,5H2,1-4H3. The molecule has 4 rings (SSSR count). The quantitative estimate of drug-likeness (QED) is 0.292. The second-order valence-electron chi connectivity index (χ2n) is 9.20. The van der Waals surface area contributed by atoms with Crippen molar-refractivity contribution in [2.75, 3.05) is 6.61 Å². The molecule has 34 heavy (non-hydrogen) atoms. The molecule has 0 aliphatic carbocycles. The van der Waals surface area contributed by atoms with Crippen LogP contribution in [0.3, 0.4) is 0 Å². The molecule has 4 aromatic rings. The van der Waals surface area contributed by atoms with Gasteiger partial charge in [-0.1, -0.05) is 81.4 Å². The van der Waals surface area contributed by atoms with Gasteiger partial charge in [-0.3, -0.25) is 0 Å². The van der Waals surface area contributed by atoms with Crippen LogP contribution in [0.1, 0.15) is 54.9 Å². The van der Waals surface area contributed by atoms with Crippen molar-refractivity contribution in [1.82, 2.24) is 9.78 Å². The first kappa shape index (κ1) is 23.2. The zero-order valence-electron chi connectivity index (χ0n) is 20.2. The van der Waals surface area contributed by atoms with Gasteiger partial charge in [-0.25, -0.2) is 9.48 Å². The molecule has 0 N–H and O–H groups in total. The van der Waals surface area contributed by atoms with E-state index in [0.717, 1.165) is 28.2 Å². The maximum Gasteiger partial charge on any atom is 0.338 e. The number of ether oxygens (including phenoxy) is 1. The van der Waals surface area contributed by atoms with Crippen molar-refractivity contribution in [3.63, 3.8) is 0 Å². The second-order valence-corrected chi connectivity index (χ2v) is 9.20. The largest absolute Gasteiger partial charge is 0.462 e. The predicted octanol–water partition coefficient (Wildman–Crippen LogP) is 7.18. The SMILES string of the molecule is CCOC(=O)c1ccc(-c2cc(C=Cc3ccc(C(C)(C)C)cc3)nn2-c2ccccc2)cc1. The molecule has 172 valence electrons. The van der Waals surface area contributed by atoms with Crippen molar-refractivity contribution >= 4 is 18.1 Å². The minimum Gasteiger partial charge on any atom is -0.462 e. The summed E-state index contributed by atoms with van der Waals surface area (Å²) in [7, 11) is 0. The minimum atomic E-state index is -0.313. The van der Waals surface area contributed by atoms with E-state index in [1.165, 1.54) is 5.56 Å².